The minimum atomic E-state index is -0.772. The van der Waals surface area contributed by atoms with Crippen LogP contribution in [0.4, 0.5) is 0 Å². The fourth-order valence-electron chi connectivity index (χ4n) is 2.54. The fourth-order valence-corrected chi connectivity index (χ4v) is 2.54. The lowest BCUT2D eigenvalue weighted by atomic mass is 9.97. The summed E-state index contributed by atoms with van der Waals surface area (Å²) in [5, 5.41) is 34.4. The van der Waals surface area contributed by atoms with Crippen LogP contribution in [0.5, 0.6) is 0 Å². The molecular weight excluding hydrogens is 320 g/mol. The average Bonchev–Trinajstić information content (AvgIpc) is 2.55. The number of aliphatic hydroxyl groups is 3. The van der Waals surface area contributed by atoms with Crippen molar-refractivity contribution in [2.75, 3.05) is 19.8 Å². The quantitative estimate of drug-likeness (QED) is 0.518. The summed E-state index contributed by atoms with van der Waals surface area (Å²) in [6, 6.07) is 7.87. The normalized spacial score (nSPS) is 12.0. The van der Waals surface area contributed by atoms with Crippen molar-refractivity contribution in [3.8, 4) is 0 Å². The minimum Gasteiger partial charge on any atom is -0.481 e. The van der Waals surface area contributed by atoms with Gasteiger partial charge in [-0.25, -0.2) is 0 Å². The van der Waals surface area contributed by atoms with E-state index >= 15 is 0 Å². The highest BCUT2D eigenvalue weighted by Crippen LogP contribution is 2.17. The molecule has 0 heterocycles. The third-order valence-corrected chi connectivity index (χ3v) is 4.11. The number of carboxylic acid groups (broad SMARTS) is 1. The van der Waals surface area contributed by atoms with Gasteiger partial charge in [0.1, 0.15) is 0 Å². The van der Waals surface area contributed by atoms with Crippen LogP contribution in [0.3, 0.4) is 0 Å². The Morgan fingerprint density at radius 1 is 0.880 bits per heavy atom. The van der Waals surface area contributed by atoms with E-state index in [2.05, 4.69) is 13.8 Å². The monoisotopic (exact) mass is 354 g/mol. The van der Waals surface area contributed by atoms with E-state index in [4.69, 9.17) is 20.4 Å². The Labute approximate surface area is 151 Å². The molecule has 0 radical (unpaired) electrons. The van der Waals surface area contributed by atoms with Gasteiger partial charge in [-0.3, -0.25) is 4.79 Å². The van der Waals surface area contributed by atoms with Crippen LogP contribution in [0.15, 0.2) is 24.3 Å². The molecule has 0 saturated carbocycles. The summed E-state index contributed by atoms with van der Waals surface area (Å²) in [5.74, 6) is -0.280. The van der Waals surface area contributed by atoms with Gasteiger partial charge in [0, 0.05) is 19.8 Å². The number of aliphatic carboxylic acids is 1. The van der Waals surface area contributed by atoms with Crippen molar-refractivity contribution in [1.82, 2.24) is 0 Å². The molecule has 0 aliphatic carbocycles. The molecule has 0 spiro atoms. The van der Waals surface area contributed by atoms with Crippen molar-refractivity contribution < 1.29 is 25.2 Å². The average molecular weight is 354 g/mol. The molecular formula is C20H34O5. The summed E-state index contributed by atoms with van der Waals surface area (Å²) in [4.78, 5) is 10.8. The van der Waals surface area contributed by atoms with Crippen LogP contribution in [0.1, 0.15) is 57.1 Å². The van der Waals surface area contributed by atoms with Crippen LogP contribution in [0.25, 0.3) is 0 Å². The van der Waals surface area contributed by atoms with Gasteiger partial charge in [-0.05, 0) is 55.6 Å². The molecule has 144 valence electrons. The smallest absolute Gasteiger partial charge is 0.310 e. The van der Waals surface area contributed by atoms with Gasteiger partial charge in [-0.2, -0.15) is 0 Å². The topological polar surface area (TPSA) is 98.0 Å². The molecule has 5 heteroatoms. The predicted molar refractivity (Wildman–Crippen MR) is 99.6 cm³/mol. The first-order valence-corrected chi connectivity index (χ1v) is 8.99. The maximum absolute atomic E-state index is 10.8. The Hall–Kier alpha value is -1.43. The molecule has 0 bridgehead atoms. The summed E-state index contributed by atoms with van der Waals surface area (Å²) in [6.45, 7) is 6.49. The molecule has 0 fully saturated rings. The third-order valence-electron chi connectivity index (χ3n) is 4.11. The third kappa shape index (κ3) is 10.9. The maximum Gasteiger partial charge on any atom is 0.310 e. The Balaban J connectivity index is 0.000000504. The van der Waals surface area contributed by atoms with Crippen LogP contribution in [0.2, 0.25) is 0 Å². The summed E-state index contributed by atoms with van der Waals surface area (Å²) in [6.07, 6.45) is 3.09. The summed E-state index contributed by atoms with van der Waals surface area (Å²) in [7, 11) is 0. The molecule has 4 N–H and O–H groups in total. The number of carboxylic acids is 1. The lowest BCUT2D eigenvalue weighted by molar-refractivity contribution is -0.138. The number of benzene rings is 1. The van der Waals surface area contributed by atoms with Gasteiger partial charge in [0.25, 0.3) is 0 Å². The number of carbonyl (C=O) groups is 1. The van der Waals surface area contributed by atoms with Gasteiger partial charge in [0.2, 0.25) is 0 Å². The Kier molecular flexibility index (Phi) is 13.0. The van der Waals surface area contributed by atoms with Gasteiger partial charge in [0.05, 0.1) is 5.92 Å². The summed E-state index contributed by atoms with van der Waals surface area (Å²) in [5.41, 5.74) is 2.14. The standard InChI is InChI=1S/C13H18O2.C7H16O3/c1-9(2)8-11-4-6-12(7-5-11)10(3)13(14)15;8-4-1-7(2-5-9)3-6-10/h4-7,9-10H,8H2,1-3H3,(H,14,15);7-10H,1-6H2. The van der Waals surface area contributed by atoms with E-state index < -0.39 is 11.9 Å². The SMILES string of the molecule is CC(C)Cc1ccc(C(C)C(=O)O)cc1.OCCC(CCO)CCO. The predicted octanol–water partition coefficient (Wildman–Crippen LogP) is 2.82. The number of rotatable bonds is 10. The van der Waals surface area contributed by atoms with Crippen molar-refractivity contribution >= 4 is 5.97 Å². The lowest BCUT2D eigenvalue weighted by Gasteiger charge is -2.11. The molecule has 25 heavy (non-hydrogen) atoms. The molecule has 0 aliphatic rings. The van der Waals surface area contributed by atoms with E-state index in [0.717, 1.165) is 12.0 Å². The van der Waals surface area contributed by atoms with Crippen LogP contribution in [0, 0.1) is 11.8 Å². The van der Waals surface area contributed by atoms with E-state index in [1.807, 2.05) is 24.3 Å². The number of aliphatic hydroxyl groups excluding tert-OH is 3. The fraction of sp³-hybridized carbons (Fsp3) is 0.650. The molecule has 0 aliphatic heterocycles. The highest BCUT2D eigenvalue weighted by molar-refractivity contribution is 5.75. The number of hydrogen-bond acceptors (Lipinski definition) is 4. The molecule has 1 atom stereocenters. The van der Waals surface area contributed by atoms with Crippen molar-refractivity contribution in [3.63, 3.8) is 0 Å². The van der Waals surface area contributed by atoms with Gasteiger partial charge in [-0.15, -0.1) is 0 Å². The van der Waals surface area contributed by atoms with E-state index in [1.54, 1.807) is 6.92 Å². The highest BCUT2D eigenvalue weighted by atomic mass is 16.4. The van der Waals surface area contributed by atoms with E-state index in [9.17, 15) is 4.79 Å². The van der Waals surface area contributed by atoms with Gasteiger partial charge < -0.3 is 20.4 Å². The van der Waals surface area contributed by atoms with Crippen LogP contribution >= 0.6 is 0 Å². The minimum absolute atomic E-state index is 0.144. The molecule has 1 rings (SSSR count). The second-order valence-corrected chi connectivity index (χ2v) is 6.80. The Morgan fingerprint density at radius 3 is 1.64 bits per heavy atom. The van der Waals surface area contributed by atoms with Gasteiger partial charge >= 0.3 is 5.97 Å². The van der Waals surface area contributed by atoms with Crippen molar-refractivity contribution in [2.45, 2.75) is 52.4 Å². The first-order valence-electron chi connectivity index (χ1n) is 8.99. The highest BCUT2D eigenvalue weighted by Gasteiger charge is 2.12. The first-order chi connectivity index (χ1) is 11.8. The summed E-state index contributed by atoms with van der Waals surface area (Å²) < 4.78 is 0. The molecule has 0 saturated heterocycles. The van der Waals surface area contributed by atoms with Gasteiger partial charge in [-0.1, -0.05) is 38.1 Å². The molecule has 1 aromatic rings. The second kappa shape index (κ2) is 13.8. The van der Waals surface area contributed by atoms with E-state index in [-0.39, 0.29) is 25.7 Å². The zero-order valence-electron chi connectivity index (χ0n) is 15.7. The maximum atomic E-state index is 10.8. The van der Waals surface area contributed by atoms with Gasteiger partial charge in [0.15, 0.2) is 0 Å². The van der Waals surface area contributed by atoms with Crippen LogP contribution in [-0.4, -0.2) is 46.2 Å². The molecule has 0 amide bonds. The Bertz CT molecular complexity index is 441. The van der Waals surface area contributed by atoms with Crippen molar-refractivity contribution in [2.24, 2.45) is 11.8 Å². The largest absolute Gasteiger partial charge is 0.481 e. The van der Waals surface area contributed by atoms with Crippen LogP contribution in [-0.2, 0) is 11.2 Å². The molecule has 1 aromatic carbocycles. The molecule has 5 nitrogen and oxygen atoms in total. The number of hydrogen-bond donors (Lipinski definition) is 4. The molecule has 1 unspecified atom stereocenters. The lowest BCUT2D eigenvalue weighted by Crippen LogP contribution is -2.07. The van der Waals surface area contributed by atoms with Crippen LogP contribution < -0.4 is 0 Å². The van der Waals surface area contributed by atoms with E-state index in [0.29, 0.717) is 25.2 Å². The second-order valence-electron chi connectivity index (χ2n) is 6.80. The first kappa shape index (κ1) is 23.6. The summed E-state index contributed by atoms with van der Waals surface area (Å²) >= 11 is 0. The Morgan fingerprint density at radius 2 is 1.32 bits per heavy atom. The molecule has 0 aromatic heterocycles. The van der Waals surface area contributed by atoms with Crippen molar-refractivity contribution in [1.29, 1.82) is 0 Å². The van der Waals surface area contributed by atoms with Crippen molar-refractivity contribution in [3.05, 3.63) is 35.4 Å². The zero-order chi connectivity index (χ0) is 19.2. The zero-order valence-corrected chi connectivity index (χ0v) is 15.7. The van der Waals surface area contributed by atoms with E-state index in [1.165, 1.54) is 5.56 Å².